The second-order valence-corrected chi connectivity index (χ2v) is 3.19. The third-order valence-electron chi connectivity index (χ3n) is 1.88. The molecule has 1 aromatic rings. The molecule has 1 aromatic heterocycles. The van der Waals surface area contributed by atoms with Crippen molar-refractivity contribution in [3.05, 3.63) is 18.7 Å². The van der Waals surface area contributed by atoms with Crippen LogP contribution in [0.4, 0.5) is 4.79 Å². The molecular weight excluding hydrogens is 293 g/mol. The lowest BCUT2D eigenvalue weighted by Crippen LogP contribution is -3.00. The van der Waals surface area contributed by atoms with Crippen molar-refractivity contribution < 1.29 is 33.3 Å². The van der Waals surface area contributed by atoms with Crippen molar-refractivity contribution in [2.24, 2.45) is 7.05 Å². The molecule has 0 saturated heterocycles. The number of carbonyl (C=O) groups excluding carboxylic acids is 1. The molecular formula is C9H16IN3O. The van der Waals surface area contributed by atoms with Gasteiger partial charge in [-0.15, -0.1) is 0 Å². The van der Waals surface area contributed by atoms with Crippen LogP contribution >= 0.6 is 0 Å². The molecule has 0 aliphatic rings. The first-order valence-electron chi connectivity index (χ1n) is 4.44. The summed E-state index contributed by atoms with van der Waals surface area (Å²) >= 11 is 0. The lowest BCUT2D eigenvalue weighted by molar-refractivity contribution is -0.670. The molecule has 4 nitrogen and oxygen atoms in total. The van der Waals surface area contributed by atoms with Crippen molar-refractivity contribution in [3.63, 3.8) is 0 Å². The van der Waals surface area contributed by atoms with Gasteiger partial charge in [-0.1, -0.05) is 6.92 Å². The Morgan fingerprint density at radius 2 is 2.21 bits per heavy atom. The summed E-state index contributed by atoms with van der Waals surface area (Å²) < 4.78 is 3.42. The number of aromatic nitrogens is 2. The van der Waals surface area contributed by atoms with Gasteiger partial charge in [0.2, 0.25) is 0 Å². The summed E-state index contributed by atoms with van der Waals surface area (Å²) in [6.07, 6.45) is 6.34. The van der Waals surface area contributed by atoms with Crippen LogP contribution in [0.1, 0.15) is 13.3 Å². The molecule has 80 valence electrons. The summed E-state index contributed by atoms with van der Waals surface area (Å²) in [6, 6.07) is 0.0162. The van der Waals surface area contributed by atoms with E-state index in [4.69, 9.17) is 0 Å². The van der Waals surface area contributed by atoms with Crippen LogP contribution in [-0.4, -0.2) is 29.1 Å². The molecule has 0 N–H and O–H groups in total. The van der Waals surface area contributed by atoms with Crippen molar-refractivity contribution >= 4 is 6.03 Å². The van der Waals surface area contributed by atoms with Crippen molar-refractivity contribution in [1.82, 2.24) is 9.47 Å². The van der Waals surface area contributed by atoms with Crippen molar-refractivity contribution in [1.29, 1.82) is 0 Å². The van der Waals surface area contributed by atoms with Crippen LogP contribution in [0, 0.1) is 0 Å². The predicted molar refractivity (Wildman–Crippen MR) is 49.3 cm³/mol. The van der Waals surface area contributed by atoms with Gasteiger partial charge in [-0.05, 0) is 6.42 Å². The molecule has 0 unspecified atom stereocenters. The second kappa shape index (κ2) is 6.00. The van der Waals surface area contributed by atoms with E-state index >= 15 is 0 Å². The predicted octanol–water partition coefficient (Wildman–Crippen LogP) is -2.37. The minimum absolute atomic E-state index is 0. The van der Waals surface area contributed by atoms with Crippen molar-refractivity contribution in [2.45, 2.75) is 13.3 Å². The highest BCUT2D eigenvalue weighted by Crippen LogP contribution is 1.93. The van der Waals surface area contributed by atoms with Gasteiger partial charge in [-0.3, -0.25) is 0 Å². The van der Waals surface area contributed by atoms with Crippen LogP contribution in [0.3, 0.4) is 0 Å². The Hall–Kier alpha value is -0.590. The van der Waals surface area contributed by atoms with Crippen LogP contribution in [0.15, 0.2) is 18.7 Å². The fourth-order valence-corrected chi connectivity index (χ4v) is 1.19. The summed E-state index contributed by atoms with van der Waals surface area (Å²) in [5, 5.41) is 0. The van der Waals surface area contributed by atoms with E-state index in [1.54, 1.807) is 22.0 Å². The summed E-state index contributed by atoms with van der Waals surface area (Å²) in [6.45, 7) is 2.85. The fourth-order valence-electron chi connectivity index (χ4n) is 1.19. The van der Waals surface area contributed by atoms with E-state index in [9.17, 15) is 4.79 Å². The first-order chi connectivity index (χ1) is 6.15. The highest BCUT2D eigenvalue weighted by molar-refractivity contribution is 5.76. The van der Waals surface area contributed by atoms with Crippen LogP contribution in [0.5, 0.6) is 0 Å². The van der Waals surface area contributed by atoms with E-state index in [2.05, 4.69) is 6.92 Å². The van der Waals surface area contributed by atoms with Gasteiger partial charge in [-0.25, -0.2) is 9.36 Å². The van der Waals surface area contributed by atoms with Crippen LogP contribution < -0.4 is 28.5 Å². The smallest absolute Gasteiger partial charge is 0.415 e. The molecule has 14 heavy (non-hydrogen) atoms. The molecule has 5 heteroatoms. The molecule has 1 rings (SSSR count). The van der Waals surface area contributed by atoms with Gasteiger partial charge in [0.15, 0.2) is 0 Å². The Labute approximate surface area is 102 Å². The molecule has 0 aliphatic heterocycles. The topological polar surface area (TPSA) is 29.1 Å². The first-order valence-corrected chi connectivity index (χ1v) is 4.44. The molecule has 0 saturated carbocycles. The van der Waals surface area contributed by atoms with Gasteiger partial charge in [0.1, 0.15) is 12.4 Å². The lowest BCUT2D eigenvalue weighted by atomic mass is 10.4. The fraction of sp³-hybridized carbons (Fsp3) is 0.556. The number of imidazole rings is 1. The monoisotopic (exact) mass is 309 g/mol. The molecule has 0 aromatic carbocycles. The number of rotatable bonds is 2. The lowest BCUT2D eigenvalue weighted by Gasteiger charge is -2.11. The molecule has 0 radical (unpaired) electrons. The van der Waals surface area contributed by atoms with Gasteiger partial charge in [-0.2, -0.15) is 4.57 Å². The van der Waals surface area contributed by atoms with Gasteiger partial charge in [0.05, 0.1) is 7.05 Å². The quantitative estimate of drug-likeness (QED) is 0.443. The molecule has 1 heterocycles. The molecule has 1 amide bonds. The highest BCUT2D eigenvalue weighted by atomic mass is 127. The molecule has 0 spiro atoms. The standard InChI is InChI=1S/C9H16N3O.HI/c1-4-5-11(3)9(13)12-7-6-10(2)8-12;/h6-8H,4-5H2,1-3H3;1H/q+1;/p-1. The van der Waals surface area contributed by atoms with E-state index in [-0.39, 0.29) is 30.0 Å². The summed E-state index contributed by atoms with van der Waals surface area (Å²) in [4.78, 5) is 13.3. The number of nitrogens with zero attached hydrogens (tertiary/aromatic N) is 3. The Balaban J connectivity index is 0.00000169. The van der Waals surface area contributed by atoms with E-state index in [1.807, 2.05) is 24.9 Å². The van der Waals surface area contributed by atoms with Crippen LogP contribution in [-0.2, 0) is 7.05 Å². The average molecular weight is 309 g/mol. The Morgan fingerprint density at radius 1 is 1.57 bits per heavy atom. The maximum atomic E-state index is 11.6. The summed E-state index contributed by atoms with van der Waals surface area (Å²) in [5.41, 5.74) is 0. The normalized spacial score (nSPS) is 9.36. The van der Waals surface area contributed by atoms with Gasteiger partial charge in [0, 0.05) is 13.6 Å². The zero-order valence-corrected chi connectivity index (χ0v) is 10.9. The van der Waals surface area contributed by atoms with E-state index in [0.717, 1.165) is 13.0 Å². The van der Waals surface area contributed by atoms with E-state index in [0.29, 0.717) is 0 Å². The maximum absolute atomic E-state index is 11.6. The Kier molecular flexibility index (Phi) is 5.75. The third kappa shape index (κ3) is 3.28. The van der Waals surface area contributed by atoms with Crippen LogP contribution in [0.25, 0.3) is 0 Å². The second-order valence-electron chi connectivity index (χ2n) is 3.19. The molecule has 0 fully saturated rings. The number of amides is 1. The van der Waals surface area contributed by atoms with Crippen LogP contribution in [0.2, 0.25) is 0 Å². The average Bonchev–Trinajstić information content (AvgIpc) is 2.51. The SMILES string of the molecule is CCCN(C)C(=O)n1cc[n+](C)c1.[I-]. The molecule has 0 aliphatic carbocycles. The number of aryl methyl sites for hydroxylation is 1. The molecule has 0 bridgehead atoms. The van der Waals surface area contributed by atoms with E-state index in [1.165, 1.54) is 0 Å². The highest BCUT2D eigenvalue weighted by Gasteiger charge is 2.15. The zero-order chi connectivity index (χ0) is 9.84. The van der Waals surface area contributed by atoms with Gasteiger partial charge < -0.3 is 28.9 Å². The Bertz CT molecular complexity index is 298. The van der Waals surface area contributed by atoms with E-state index < -0.39 is 0 Å². The third-order valence-corrected chi connectivity index (χ3v) is 1.88. The Morgan fingerprint density at radius 3 is 2.64 bits per heavy atom. The maximum Gasteiger partial charge on any atom is 0.415 e. The number of halogens is 1. The zero-order valence-electron chi connectivity index (χ0n) is 8.77. The molecule has 0 atom stereocenters. The minimum Gasteiger partial charge on any atom is -1.00 e. The van der Waals surface area contributed by atoms with Crippen molar-refractivity contribution in [2.75, 3.05) is 13.6 Å². The summed E-state index contributed by atoms with van der Waals surface area (Å²) in [7, 11) is 3.70. The minimum atomic E-state index is 0. The summed E-state index contributed by atoms with van der Waals surface area (Å²) in [5.74, 6) is 0. The van der Waals surface area contributed by atoms with Gasteiger partial charge in [0.25, 0.3) is 6.33 Å². The number of hydrogen-bond donors (Lipinski definition) is 0. The van der Waals surface area contributed by atoms with Crippen molar-refractivity contribution in [3.8, 4) is 0 Å². The number of hydrogen-bond acceptors (Lipinski definition) is 1. The first kappa shape index (κ1) is 13.4. The largest absolute Gasteiger partial charge is 1.00 e. The van der Waals surface area contributed by atoms with Gasteiger partial charge >= 0.3 is 6.03 Å². The number of carbonyl (C=O) groups is 1.